The van der Waals surface area contributed by atoms with Gasteiger partial charge in [-0.3, -0.25) is 29.4 Å². The molecule has 1 saturated heterocycles. The van der Waals surface area contributed by atoms with Crippen LogP contribution in [-0.4, -0.2) is 117 Å². The third-order valence-electron chi connectivity index (χ3n) is 13.7. The molecule has 4 aliphatic rings. The van der Waals surface area contributed by atoms with Gasteiger partial charge in [0.1, 0.15) is 30.8 Å². The lowest BCUT2D eigenvalue weighted by atomic mass is 9.90. The molecular formula is C57H81F2N9O4. The molecule has 0 saturated carbocycles. The zero-order valence-electron chi connectivity index (χ0n) is 44.2. The molecule has 13 nitrogen and oxygen atoms in total. The number of carbonyl (C=O) groups is 4. The molecule has 6 rings (SSSR count). The number of nitrogens with two attached hydrogens (primary N) is 1. The van der Waals surface area contributed by atoms with E-state index >= 15 is 4.39 Å². The number of aliphatic imine (C=N–C) groups is 1. The number of benzene rings is 2. The molecule has 2 aromatic carbocycles. The molecule has 2 unspecified atom stereocenters. The number of nitrogens with zero attached hydrogens (tertiary/aromatic N) is 5. The van der Waals surface area contributed by atoms with Crippen LogP contribution in [-0.2, 0) is 14.4 Å². The third kappa shape index (κ3) is 16.7. The lowest BCUT2D eigenvalue weighted by Gasteiger charge is -2.38. The summed E-state index contributed by atoms with van der Waals surface area (Å²) >= 11 is 0. The fraction of sp³-hybridized carbons (Fsp3) is 0.491. The van der Waals surface area contributed by atoms with E-state index in [1.165, 1.54) is 43.4 Å². The summed E-state index contributed by atoms with van der Waals surface area (Å²) in [5, 5.41) is 8.32. The first-order valence-electron chi connectivity index (χ1n) is 25.6. The molecule has 0 spiro atoms. The highest BCUT2D eigenvalue weighted by molar-refractivity contribution is 6.10. The maximum Gasteiger partial charge on any atom is 0.239 e. The van der Waals surface area contributed by atoms with Crippen molar-refractivity contribution < 1.29 is 28.0 Å². The molecule has 2 aromatic rings. The number of halogens is 2. The summed E-state index contributed by atoms with van der Waals surface area (Å²) in [6.45, 7) is 27.8. The van der Waals surface area contributed by atoms with Crippen molar-refractivity contribution in [2.75, 3.05) is 69.6 Å². The molecule has 0 aliphatic carbocycles. The maximum atomic E-state index is 15.2. The first-order valence-corrected chi connectivity index (χ1v) is 25.6. The van der Waals surface area contributed by atoms with E-state index in [-0.39, 0.29) is 35.8 Å². The van der Waals surface area contributed by atoms with E-state index in [2.05, 4.69) is 82.2 Å². The van der Waals surface area contributed by atoms with E-state index in [4.69, 9.17) is 10.5 Å². The van der Waals surface area contributed by atoms with Crippen molar-refractivity contribution in [2.24, 2.45) is 22.6 Å². The number of likely N-dealkylation sites (N-methyl/N-ethyl adjacent to an activating group) is 1. The summed E-state index contributed by atoms with van der Waals surface area (Å²) in [4.78, 5) is 54.1. The van der Waals surface area contributed by atoms with E-state index in [1.807, 2.05) is 70.2 Å². The molecule has 0 bridgehead atoms. The number of nitrogens with one attached hydrogen (secondary N) is 3. The number of ketones is 1. The Morgan fingerprint density at radius 2 is 1.67 bits per heavy atom. The Bertz CT molecular complexity index is 2340. The van der Waals surface area contributed by atoms with Crippen LogP contribution >= 0.6 is 0 Å². The molecule has 0 radical (unpaired) electrons. The van der Waals surface area contributed by atoms with Gasteiger partial charge >= 0.3 is 0 Å². The minimum Gasteiger partial charge on any atom is -0.385 e. The number of carbonyl (C=O) groups excluding carboxylic acids is 4. The van der Waals surface area contributed by atoms with Crippen molar-refractivity contribution in [1.82, 2.24) is 25.6 Å². The molecule has 1 amide bonds. The van der Waals surface area contributed by atoms with Gasteiger partial charge in [0.15, 0.2) is 5.78 Å². The van der Waals surface area contributed by atoms with Crippen molar-refractivity contribution in [3.63, 3.8) is 0 Å². The van der Waals surface area contributed by atoms with Crippen LogP contribution in [0.4, 0.5) is 20.2 Å². The van der Waals surface area contributed by atoms with Crippen LogP contribution < -0.4 is 26.7 Å². The van der Waals surface area contributed by atoms with Crippen molar-refractivity contribution in [1.29, 1.82) is 0 Å². The number of hydrogen-bond acceptors (Lipinski definition) is 12. The van der Waals surface area contributed by atoms with Crippen LogP contribution in [0.25, 0.3) is 5.57 Å². The summed E-state index contributed by atoms with van der Waals surface area (Å²) < 4.78 is 30.0. The number of rotatable bonds is 20. The van der Waals surface area contributed by atoms with E-state index < -0.39 is 11.9 Å². The number of hydrogen-bond donors (Lipinski definition) is 4. The van der Waals surface area contributed by atoms with Crippen LogP contribution in [0.15, 0.2) is 101 Å². The second-order valence-corrected chi connectivity index (χ2v) is 19.4. The van der Waals surface area contributed by atoms with Gasteiger partial charge in [0.05, 0.1) is 17.1 Å². The Hall–Kier alpha value is -6.19. The fourth-order valence-electron chi connectivity index (χ4n) is 9.68. The molecule has 15 heteroatoms. The average molecular weight is 994 g/mol. The molecule has 5 N–H and O–H groups in total. The number of piperazine rings is 1. The zero-order valence-corrected chi connectivity index (χ0v) is 44.2. The largest absolute Gasteiger partial charge is 0.385 e. The topological polar surface area (TPSA) is 156 Å². The first kappa shape index (κ1) is 58.4. The maximum absolute atomic E-state index is 15.2. The average Bonchev–Trinajstić information content (AvgIpc) is 3.77. The monoisotopic (exact) mass is 994 g/mol. The number of amides is 1. The van der Waals surface area contributed by atoms with Crippen LogP contribution in [0.5, 0.6) is 0 Å². The van der Waals surface area contributed by atoms with Gasteiger partial charge in [-0.25, -0.2) is 8.78 Å². The Morgan fingerprint density at radius 1 is 0.958 bits per heavy atom. The van der Waals surface area contributed by atoms with Gasteiger partial charge in [0.2, 0.25) is 5.91 Å². The van der Waals surface area contributed by atoms with E-state index in [1.54, 1.807) is 12.1 Å². The lowest BCUT2D eigenvalue weighted by Crippen LogP contribution is -2.48. The predicted molar refractivity (Wildman–Crippen MR) is 290 cm³/mol. The van der Waals surface area contributed by atoms with Crippen molar-refractivity contribution in [3.05, 3.63) is 124 Å². The molecule has 392 valence electrons. The van der Waals surface area contributed by atoms with Crippen molar-refractivity contribution in [2.45, 2.75) is 112 Å². The summed E-state index contributed by atoms with van der Waals surface area (Å²) in [5.41, 5.74) is 17.8. The number of aldehydes is 1. The highest BCUT2D eigenvalue weighted by Crippen LogP contribution is 2.32. The van der Waals surface area contributed by atoms with E-state index in [9.17, 15) is 18.8 Å². The minimum absolute atomic E-state index is 0.0321. The van der Waals surface area contributed by atoms with E-state index in [0.29, 0.717) is 35.5 Å². The molecule has 0 aromatic heterocycles. The first-order chi connectivity index (χ1) is 34.5. The standard InChI is InChI=1S/C33H42FN5O.C23H37FN4O2.CH2O/c1-21(2)33(40)27-18-24(5)32(28(34)20-27)26-11-16-39(17-12-26)25(6)31-19-23(4)30(10-15-37-38(31)7)36-14-9-29-22(3)8-13-35-29;1-3-6-18(7-4-2)17-27-11-13-28(14-12-27)22-10-9-19(16-20(22)24)26-21(23(25)30)8-5-15-29;1-2/h9-11,14-15,18-21,25,35,37H,4,8,12-13,16-17H2,1-3,5-7H3;9-10,15-16,18,21,26H,3-8,11-14,17H2,1-2H3,(H2,25,30);1H2/b14-9-,15-10-,31-19-,36-30+;;. The van der Waals surface area contributed by atoms with Gasteiger partial charge < -0.3 is 36.3 Å². The van der Waals surface area contributed by atoms with Gasteiger partial charge in [-0.1, -0.05) is 53.2 Å². The second kappa shape index (κ2) is 29.4. The predicted octanol–water partition coefficient (Wildman–Crippen LogP) is 9.30. The Kier molecular flexibility index (Phi) is 23.8. The quantitative estimate of drug-likeness (QED) is 0.0741. The van der Waals surface area contributed by atoms with Crippen molar-refractivity contribution in [3.8, 4) is 0 Å². The fourth-order valence-corrected chi connectivity index (χ4v) is 9.68. The number of aryl methyl sites for hydroxylation is 1. The van der Waals surface area contributed by atoms with Crippen LogP contribution in [0, 0.1) is 30.4 Å². The third-order valence-corrected chi connectivity index (χ3v) is 13.7. The summed E-state index contributed by atoms with van der Waals surface area (Å²) in [6, 6.07) is 7.54. The lowest BCUT2D eigenvalue weighted by molar-refractivity contribution is -0.119. The molecule has 2 atom stereocenters. The normalized spacial score (nSPS) is 19.2. The summed E-state index contributed by atoms with van der Waals surface area (Å²) in [6.07, 6.45) is 19.9. The molecule has 1 fully saturated rings. The Labute approximate surface area is 428 Å². The van der Waals surface area contributed by atoms with Crippen LogP contribution in [0.2, 0.25) is 0 Å². The van der Waals surface area contributed by atoms with E-state index in [0.717, 1.165) is 105 Å². The highest BCUT2D eigenvalue weighted by atomic mass is 19.1. The molecule has 4 heterocycles. The zero-order chi connectivity index (χ0) is 52.9. The van der Waals surface area contributed by atoms with Gasteiger partial charge in [-0.2, -0.15) is 0 Å². The van der Waals surface area contributed by atoms with Gasteiger partial charge in [-0.15, -0.1) is 0 Å². The SMILES string of the molecule is C=C1/C=C(/C(C)N2CC=C(c3c(C)cc(C(=O)C(C)C)cc3F)CC2)N(C)N\C=C/C1=N\C=C/C1=C(C)CCN1.C=O.CCCC(CCC)CN1CCN(c2ccc(NC(CCC=O)C(N)=O)cc2F)CC1. The van der Waals surface area contributed by atoms with Gasteiger partial charge in [0.25, 0.3) is 0 Å². The molecule has 4 aliphatic heterocycles. The Balaban J connectivity index is 0.000000314. The van der Waals surface area contributed by atoms with Gasteiger partial charge in [-0.05, 0) is 130 Å². The van der Waals surface area contributed by atoms with Gasteiger partial charge in [0, 0.05) is 113 Å². The summed E-state index contributed by atoms with van der Waals surface area (Å²) in [7, 11) is 1.99. The highest BCUT2D eigenvalue weighted by Gasteiger charge is 2.27. The Morgan fingerprint density at radius 3 is 2.24 bits per heavy atom. The second-order valence-electron chi connectivity index (χ2n) is 19.4. The number of primary amides is 1. The van der Waals surface area contributed by atoms with Crippen molar-refractivity contribution >= 4 is 47.4 Å². The molecular weight excluding hydrogens is 913 g/mol. The molecule has 72 heavy (non-hydrogen) atoms. The van der Waals surface area contributed by atoms with Crippen LogP contribution in [0.1, 0.15) is 114 Å². The van der Waals surface area contributed by atoms with Crippen LogP contribution in [0.3, 0.4) is 0 Å². The number of allylic oxidation sites excluding steroid dienone is 4. The number of Topliss-reactive ketones (excluding diaryl/α,β-unsaturated/α-hetero) is 1. The summed E-state index contributed by atoms with van der Waals surface area (Å²) in [5.74, 6) is -0.627. The smallest absolute Gasteiger partial charge is 0.239 e. The number of hydrazine groups is 1. The number of anilines is 2. The minimum atomic E-state index is -0.691.